The summed E-state index contributed by atoms with van der Waals surface area (Å²) >= 11 is 0. The fourth-order valence-electron chi connectivity index (χ4n) is 2.66. The molecule has 18 heavy (non-hydrogen) atoms. The third kappa shape index (κ3) is 11.0. The van der Waals surface area contributed by atoms with Crippen LogP contribution in [-0.2, 0) is 0 Å². The van der Waals surface area contributed by atoms with Crippen LogP contribution in [0.25, 0.3) is 0 Å². The molecule has 1 fully saturated rings. The Bertz CT molecular complexity index is 84.1. The number of hydrogen-bond acceptors (Lipinski definition) is 2. The quantitative estimate of drug-likeness (QED) is 0.686. The van der Waals surface area contributed by atoms with E-state index in [9.17, 15) is 0 Å². The fraction of sp³-hybridized carbons (Fsp3) is 1.00. The van der Waals surface area contributed by atoms with Crippen LogP contribution in [0, 0.1) is 0 Å². The molecule has 0 spiro atoms. The third-order valence-corrected chi connectivity index (χ3v) is 3.91. The molecule has 0 aromatic rings. The van der Waals surface area contributed by atoms with Crippen LogP contribution in [0.2, 0.25) is 0 Å². The molecular weight excluding hydrogens is 220 g/mol. The summed E-state index contributed by atoms with van der Waals surface area (Å²) in [6.07, 6.45) is 16.9. The van der Waals surface area contributed by atoms with Gasteiger partial charge in [-0.1, -0.05) is 51.4 Å². The molecule has 2 nitrogen and oxygen atoms in total. The second kappa shape index (κ2) is 13.4. The molecular formula is C16H34N2. The maximum Gasteiger partial charge on any atom is -0.00489 e. The zero-order valence-electron chi connectivity index (χ0n) is 12.3. The summed E-state index contributed by atoms with van der Waals surface area (Å²) in [5.41, 5.74) is 0. The molecule has 0 saturated carbocycles. The maximum absolute atomic E-state index is 3.58. The summed E-state index contributed by atoms with van der Waals surface area (Å²) < 4.78 is 0. The predicted octanol–water partition coefficient (Wildman–Crippen LogP) is 3.86. The van der Waals surface area contributed by atoms with Gasteiger partial charge in [-0.3, -0.25) is 0 Å². The number of rotatable bonds is 0. The molecule has 1 saturated heterocycles. The molecule has 0 aromatic heterocycles. The summed E-state index contributed by atoms with van der Waals surface area (Å²) in [6.45, 7) is 4.95. The van der Waals surface area contributed by atoms with E-state index in [4.69, 9.17) is 0 Å². The molecule has 1 rings (SSSR count). The summed E-state index contributed by atoms with van der Waals surface area (Å²) in [6, 6.07) is 0. The van der Waals surface area contributed by atoms with Gasteiger partial charge in [-0.25, -0.2) is 0 Å². The van der Waals surface area contributed by atoms with E-state index in [-0.39, 0.29) is 0 Å². The normalized spacial score (nSPS) is 24.0. The highest BCUT2D eigenvalue weighted by molar-refractivity contribution is 4.54. The SMILES string of the molecule is C1CCCCNCCCCCCCCNCCC1. The summed E-state index contributed by atoms with van der Waals surface area (Å²) in [5.74, 6) is 0. The van der Waals surface area contributed by atoms with Gasteiger partial charge in [-0.2, -0.15) is 0 Å². The molecule has 1 aliphatic heterocycles. The predicted molar refractivity (Wildman–Crippen MR) is 81.1 cm³/mol. The van der Waals surface area contributed by atoms with E-state index in [0.717, 1.165) is 0 Å². The molecule has 108 valence electrons. The Balaban J connectivity index is 2.00. The van der Waals surface area contributed by atoms with Crippen molar-refractivity contribution in [2.24, 2.45) is 0 Å². The summed E-state index contributed by atoms with van der Waals surface area (Å²) in [5, 5.41) is 7.16. The molecule has 2 heteroatoms. The zero-order valence-corrected chi connectivity index (χ0v) is 12.3. The molecule has 0 aromatic carbocycles. The van der Waals surface area contributed by atoms with Gasteiger partial charge in [0.2, 0.25) is 0 Å². The Morgan fingerprint density at radius 2 is 0.500 bits per heavy atom. The molecule has 0 aliphatic carbocycles. The average Bonchev–Trinajstić information content (AvgIpc) is 2.39. The highest BCUT2D eigenvalue weighted by Crippen LogP contribution is 2.06. The van der Waals surface area contributed by atoms with Gasteiger partial charge in [0.25, 0.3) is 0 Å². The van der Waals surface area contributed by atoms with Gasteiger partial charge in [0, 0.05) is 0 Å². The Hall–Kier alpha value is -0.0800. The number of hydrogen-bond donors (Lipinski definition) is 2. The van der Waals surface area contributed by atoms with Gasteiger partial charge in [0.05, 0.1) is 0 Å². The number of nitrogens with one attached hydrogen (secondary N) is 2. The molecule has 1 aliphatic rings. The minimum atomic E-state index is 1.24. The van der Waals surface area contributed by atoms with Crippen LogP contribution in [0.1, 0.15) is 77.0 Å². The van der Waals surface area contributed by atoms with Crippen LogP contribution in [0.3, 0.4) is 0 Å². The van der Waals surface area contributed by atoms with Crippen molar-refractivity contribution in [1.29, 1.82) is 0 Å². The van der Waals surface area contributed by atoms with Crippen LogP contribution in [0.4, 0.5) is 0 Å². The molecule has 0 radical (unpaired) electrons. The van der Waals surface area contributed by atoms with Crippen molar-refractivity contribution >= 4 is 0 Å². The van der Waals surface area contributed by atoms with Gasteiger partial charge in [-0.05, 0) is 51.9 Å². The Morgan fingerprint density at radius 1 is 0.278 bits per heavy atom. The molecule has 0 bridgehead atoms. The molecule has 0 atom stereocenters. The van der Waals surface area contributed by atoms with Crippen LogP contribution >= 0.6 is 0 Å². The Kier molecular flexibility index (Phi) is 11.9. The molecule has 0 amide bonds. The van der Waals surface area contributed by atoms with E-state index in [1.54, 1.807) is 0 Å². The largest absolute Gasteiger partial charge is 0.317 e. The first-order valence-electron chi connectivity index (χ1n) is 8.41. The van der Waals surface area contributed by atoms with E-state index in [1.165, 1.54) is 103 Å². The van der Waals surface area contributed by atoms with Gasteiger partial charge in [-0.15, -0.1) is 0 Å². The second-order valence-corrected chi connectivity index (χ2v) is 5.74. The van der Waals surface area contributed by atoms with E-state index in [0.29, 0.717) is 0 Å². The topological polar surface area (TPSA) is 24.1 Å². The second-order valence-electron chi connectivity index (χ2n) is 5.74. The van der Waals surface area contributed by atoms with Gasteiger partial charge in [0.15, 0.2) is 0 Å². The summed E-state index contributed by atoms with van der Waals surface area (Å²) in [7, 11) is 0. The van der Waals surface area contributed by atoms with Crippen molar-refractivity contribution in [1.82, 2.24) is 10.6 Å². The highest BCUT2D eigenvalue weighted by atomic mass is 14.8. The lowest BCUT2D eigenvalue weighted by Crippen LogP contribution is -2.17. The Labute approximate surface area is 114 Å². The molecule has 2 N–H and O–H groups in total. The van der Waals surface area contributed by atoms with E-state index in [1.807, 2.05) is 0 Å². The van der Waals surface area contributed by atoms with Crippen LogP contribution in [0.15, 0.2) is 0 Å². The minimum Gasteiger partial charge on any atom is -0.317 e. The third-order valence-electron chi connectivity index (χ3n) is 3.91. The average molecular weight is 254 g/mol. The summed E-state index contributed by atoms with van der Waals surface area (Å²) in [4.78, 5) is 0. The fourth-order valence-corrected chi connectivity index (χ4v) is 2.66. The van der Waals surface area contributed by atoms with Crippen molar-refractivity contribution in [2.75, 3.05) is 26.2 Å². The lowest BCUT2D eigenvalue weighted by Gasteiger charge is -2.07. The lowest BCUT2D eigenvalue weighted by atomic mass is 10.1. The smallest absolute Gasteiger partial charge is 0.00489 e. The Morgan fingerprint density at radius 3 is 0.778 bits per heavy atom. The van der Waals surface area contributed by atoms with Crippen molar-refractivity contribution < 1.29 is 0 Å². The van der Waals surface area contributed by atoms with Gasteiger partial charge >= 0.3 is 0 Å². The van der Waals surface area contributed by atoms with Crippen molar-refractivity contribution in [3.05, 3.63) is 0 Å². The van der Waals surface area contributed by atoms with E-state index < -0.39 is 0 Å². The van der Waals surface area contributed by atoms with E-state index >= 15 is 0 Å². The molecule has 1 heterocycles. The maximum atomic E-state index is 3.58. The zero-order chi connectivity index (χ0) is 12.7. The first kappa shape index (κ1) is 16.0. The standard InChI is InChI=1S/C16H34N2/c1-2-6-10-14-18-16-12-8-4-3-7-11-15-17-13-9-5-1/h17-18H,1-16H2. The minimum absolute atomic E-state index is 1.24. The first-order chi connectivity index (χ1) is 9.00. The highest BCUT2D eigenvalue weighted by Gasteiger charge is 1.95. The van der Waals surface area contributed by atoms with Gasteiger partial charge < -0.3 is 10.6 Å². The van der Waals surface area contributed by atoms with Crippen LogP contribution < -0.4 is 10.6 Å². The lowest BCUT2D eigenvalue weighted by molar-refractivity contribution is 0.515. The van der Waals surface area contributed by atoms with Crippen molar-refractivity contribution in [2.45, 2.75) is 77.0 Å². The molecule has 0 unspecified atom stereocenters. The monoisotopic (exact) mass is 254 g/mol. The van der Waals surface area contributed by atoms with Gasteiger partial charge in [0.1, 0.15) is 0 Å². The van der Waals surface area contributed by atoms with E-state index in [2.05, 4.69) is 10.6 Å². The van der Waals surface area contributed by atoms with Crippen molar-refractivity contribution in [3.63, 3.8) is 0 Å². The first-order valence-corrected chi connectivity index (χ1v) is 8.41. The van der Waals surface area contributed by atoms with Crippen molar-refractivity contribution in [3.8, 4) is 0 Å². The van der Waals surface area contributed by atoms with Crippen LogP contribution in [0.5, 0.6) is 0 Å². The van der Waals surface area contributed by atoms with Crippen LogP contribution in [-0.4, -0.2) is 26.2 Å².